The molecule has 0 spiro atoms. The van der Waals surface area contributed by atoms with Crippen LogP contribution in [0.3, 0.4) is 0 Å². The van der Waals surface area contributed by atoms with E-state index in [1.54, 1.807) is 11.1 Å². The van der Waals surface area contributed by atoms with Crippen LogP contribution in [0.25, 0.3) is 0 Å². The van der Waals surface area contributed by atoms with Crippen molar-refractivity contribution in [3.63, 3.8) is 0 Å². The summed E-state index contributed by atoms with van der Waals surface area (Å²) in [6, 6.07) is -0.676. The third-order valence-corrected chi connectivity index (χ3v) is 4.32. The zero-order chi connectivity index (χ0) is 14.7. The van der Waals surface area contributed by atoms with E-state index < -0.39 is 6.04 Å². The molecular weight excluding hydrogens is 276 g/mol. The van der Waals surface area contributed by atoms with Crippen LogP contribution in [-0.2, 0) is 11.2 Å². The van der Waals surface area contributed by atoms with E-state index in [9.17, 15) is 9.59 Å². The molecule has 0 bridgehead atoms. The first-order valence-corrected chi connectivity index (χ1v) is 7.64. The van der Waals surface area contributed by atoms with Gasteiger partial charge in [0.25, 0.3) is 0 Å². The van der Waals surface area contributed by atoms with Gasteiger partial charge in [-0.25, -0.2) is 9.78 Å². The van der Waals surface area contributed by atoms with Gasteiger partial charge >= 0.3 is 6.03 Å². The van der Waals surface area contributed by atoms with E-state index in [0.717, 1.165) is 11.3 Å². The van der Waals surface area contributed by atoms with E-state index in [0.29, 0.717) is 18.2 Å². The van der Waals surface area contributed by atoms with Crippen molar-refractivity contribution in [3.8, 4) is 0 Å². The predicted octanol–water partition coefficient (Wildman–Crippen LogP) is 1.69. The highest BCUT2D eigenvalue weighted by atomic mass is 32.1. The molecule has 2 N–H and O–H groups in total. The number of hydrogen-bond acceptors (Lipinski definition) is 4. The summed E-state index contributed by atoms with van der Waals surface area (Å²) in [4.78, 5) is 31.1. The van der Waals surface area contributed by atoms with Gasteiger partial charge in [0.2, 0.25) is 5.91 Å². The lowest BCUT2D eigenvalue weighted by atomic mass is 10.0. The van der Waals surface area contributed by atoms with Crippen LogP contribution in [-0.4, -0.2) is 41.0 Å². The summed E-state index contributed by atoms with van der Waals surface area (Å²) in [5.74, 6) is -0.0154. The maximum Gasteiger partial charge on any atom is 0.324 e. The van der Waals surface area contributed by atoms with E-state index in [1.807, 2.05) is 20.8 Å². The molecule has 1 aromatic heterocycles. The van der Waals surface area contributed by atoms with Crippen LogP contribution in [0.5, 0.6) is 0 Å². The molecule has 0 aromatic carbocycles. The van der Waals surface area contributed by atoms with Crippen molar-refractivity contribution in [1.82, 2.24) is 15.2 Å². The number of hydrogen-bond donors (Lipinski definition) is 2. The third kappa shape index (κ3) is 3.09. The Labute approximate surface area is 122 Å². The van der Waals surface area contributed by atoms with Crippen LogP contribution in [0.4, 0.5) is 9.93 Å². The molecule has 0 aliphatic carbocycles. The maximum atomic E-state index is 12.3. The van der Waals surface area contributed by atoms with E-state index in [1.165, 1.54) is 11.3 Å². The number of piperazine rings is 1. The highest BCUT2D eigenvalue weighted by molar-refractivity contribution is 7.15. The van der Waals surface area contributed by atoms with Gasteiger partial charge in [-0.15, -0.1) is 11.3 Å². The second-order valence-corrected chi connectivity index (χ2v) is 6.20. The summed E-state index contributed by atoms with van der Waals surface area (Å²) < 4.78 is 0. The lowest BCUT2D eigenvalue weighted by Gasteiger charge is -2.36. The van der Waals surface area contributed by atoms with Gasteiger partial charge in [0.05, 0.1) is 0 Å². The Hall–Kier alpha value is -1.63. The molecule has 1 aliphatic rings. The number of nitrogens with one attached hydrogen (secondary N) is 2. The van der Waals surface area contributed by atoms with Crippen molar-refractivity contribution < 1.29 is 9.59 Å². The molecule has 1 atom stereocenters. The summed E-state index contributed by atoms with van der Waals surface area (Å²) in [6.07, 6.45) is 2.66. The molecule has 0 radical (unpaired) electrons. The second-order valence-electron chi connectivity index (χ2n) is 5.09. The fourth-order valence-corrected chi connectivity index (χ4v) is 3.01. The monoisotopic (exact) mass is 296 g/mol. The van der Waals surface area contributed by atoms with Crippen LogP contribution in [0.2, 0.25) is 0 Å². The molecule has 2 heterocycles. The minimum atomic E-state index is -0.422. The summed E-state index contributed by atoms with van der Waals surface area (Å²) >= 11 is 1.47. The van der Waals surface area contributed by atoms with Gasteiger partial charge in [-0.05, 0) is 12.3 Å². The highest BCUT2D eigenvalue weighted by Crippen LogP contribution is 2.20. The Balaban J connectivity index is 2.08. The van der Waals surface area contributed by atoms with Crippen LogP contribution in [0.1, 0.15) is 25.6 Å². The average molecular weight is 296 g/mol. The molecule has 1 aromatic rings. The molecular formula is C13H20N4O2S. The molecule has 0 unspecified atom stereocenters. The van der Waals surface area contributed by atoms with E-state index in [4.69, 9.17) is 0 Å². The Kier molecular flexibility index (Phi) is 4.59. The number of carbonyl (C=O) groups excluding carboxylic acids is 2. The van der Waals surface area contributed by atoms with Crippen molar-refractivity contribution in [2.24, 2.45) is 5.92 Å². The third-order valence-electron chi connectivity index (χ3n) is 3.26. The first-order chi connectivity index (χ1) is 9.52. The average Bonchev–Trinajstić information content (AvgIpc) is 2.85. The number of anilines is 1. The Morgan fingerprint density at radius 3 is 3.00 bits per heavy atom. The van der Waals surface area contributed by atoms with Gasteiger partial charge in [-0.2, -0.15) is 0 Å². The first-order valence-electron chi connectivity index (χ1n) is 6.83. The van der Waals surface area contributed by atoms with Crippen LogP contribution in [0, 0.1) is 5.92 Å². The predicted molar refractivity (Wildman–Crippen MR) is 78.9 cm³/mol. The molecule has 1 saturated heterocycles. The fraction of sp³-hybridized carbons (Fsp3) is 0.615. The molecule has 6 nitrogen and oxygen atoms in total. The van der Waals surface area contributed by atoms with Crippen molar-refractivity contribution in [2.45, 2.75) is 33.2 Å². The molecule has 7 heteroatoms. The van der Waals surface area contributed by atoms with Crippen molar-refractivity contribution >= 4 is 28.4 Å². The lowest BCUT2D eigenvalue weighted by Crippen LogP contribution is -2.60. The molecule has 1 aliphatic heterocycles. The second kappa shape index (κ2) is 6.21. The maximum absolute atomic E-state index is 12.3. The number of aromatic nitrogens is 1. The standard InChI is InChI=1S/C13H20N4O2S/c1-4-9-7-15-12(20-9)16-13(19)17-6-5-14-11(18)10(17)8(2)3/h7-8,10H,4-6H2,1-3H3,(H,14,18)(H,15,16,19)/t10-/m0/s1. The van der Waals surface area contributed by atoms with Gasteiger partial charge in [-0.1, -0.05) is 20.8 Å². The Morgan fingerprint density at radius 2 is 2.40 bits per heavy atom. The van der Waals surface area contributed by atoms with Crippen molar-refractivity contribution in [1.29, 1.82) is 0 Å². The van der Waals surface area contributed by atoms with Gasteiger partial charge in [0.1, 0.15) is 6.04 Å². The topological polar surface area (TPSA) is 74.3 Å². The molecule has 2 rings (SSSR count). The Bertz CT molecular complexity index is 500. The Morgan fingerprint density at radius 1 is 1.65 bits per heavy atom. The highest BCUT2D eigenvalue weighted by Gasteiger charge is 2.35. The zero-order valence-electron chi connectivity index (χ0n) is 12.0. The number of carbonyl (C=O) groups is 2. The number of urea groups is 1. The largest absolute Gasteiger partial charge is 0.353 e. The van der Waals surface area contributed by atoms with Crippen LogP contribution in [0.15, 0.2) is 6.20 Å². The van der Waals surface area contributed by atoms with E-state index in [-0.39, 0.29) is 17.9 Å². The summed E-state index contributed by atoms with van der Waals surface area (Å²) in [5, 5.41) is 6.17. The molecule has 1 fully saturated rings. The lowest BCUT2D eigenvalue weighted by molar-refractivity contribution is -0.129. The minimum Gasteiger partial charge on any atom is -0.353 e. The van der Waals surface area contributed by atoms with Crippen molar-refractivity contribution in [2.75, 3.05) is 18.4 Å². The first kappa shape index (κ1) is 14.8. The molecule has 3 amide bonds. The van der Waals surface area contributed by atoms with E-state index >= 15 is 0 Å². The van der Waals surface area contributed by atoms with Crippen molar-refractivity contribution in [3.05, 3.63) is 11.1 Å². The number of nitrogens with zero attached hydrogens (tertiary/aromatic N) is 2. The fourth-order valence-electron chi connectivity index (χ4n) is 2.27. The smallest absolute Gasteiger partial charge is 0.324 e. The molecule has 20 heavy (non-hydrogen) atoms. The molecule has 110 valence electrons. The van der Waals surface area contributed by atoms with E-state index in [2.05, 4.69) is 15.6 Å². The van der Waals surface area contributed by atoms with Crippen LogP contribution >= 0.6 is 11.3 Å². The zero-order valence-corrected chi connectivity index (χ0v) is 12.8. The SMILES string of the molecule is CCc1cnc(NC(=O)N2CCNC(=O)[C@@H]2C(C)C)s1. The van der Waals surface area contributed by atoms with Gasteiger partial charge in [0, 0.05) is 24.2 Å². The van der Waals surface area contributed by atoms with Gasteiger partial charge < -0.3 is 10.2 Å². The van der Waals surface area contributed by atoms with Crippen LogP contribution < -0.4 is 10.6 Å². The number of amides is 3. The summed E-state index contributed by atoms with van der Waals surface area (Å²) in [7, 11) is 0. The molecule has 0 saturated carbocycles. The summed E-state index contributed by atoms with van der Waals surface area (Å²) in [5.41, 5.74) is 0. The normalized spacial score (nSPS) is 19.1. The number of aryl methyl sites for hydroxylation is 1. The summed E-state index contributed by atoms with van der Waals surface area (Å²) in [6.45, 7) is 6.94. The van der Waals surface area contributed by atoms with Gasteiger partial charge in [0.15, 0.2) is 5.13 Å². The minimum absolute atomic E-state index is 0.0727. The quantitative estimate of drug-likeness (QED) is 0.891. The number of rotatable bonds is 3. The number of thiazole rings is 1. The van der Waals surface area contributed by atoms with Gasteiger partial charge in [-0.3, -0.25) is 10.1 Å².